The molecular weight excluding hydrogens is 322 g/mol. The molecule has 1 amide bonds. The number of carbonyl (C=O) groups is 2. The van der Waals surface area contributed by atoms with Crippen LogP contribution in [-0.2, 0) is 4.79 Å². The summed E-state index contributed by atoms with van der Waals surface area (Å²) in [6, 6.07) is 10.8. The molecule has 24 heavy (non-hydrogen) atoms. The van der Waals surface area contributed by atoms with Crippen LogP contribution in [0.2, 0.25) is 0 Å². The van der Waals surface area contributed by atoms with E-state index in [0.29, 0.717) is 6.42 Å². The van der Waals surface area contributed by atoms with Gasteiger partial charge in [0.15, 0.2) is 5.78 Å². The van der Waals surface area contributed by atoms with Gasteiger partial charge in [0.25, 0.3) is 0 Å². The first-order valence-corrected chi connectivity index (χ1v) is 8.73. The summed E-state index contributed by atoms with van der Waals surface area (Å²) >= 11 is 1.42. The van der Waals surface area contributed by atoms with Crippen molar-refractivity contribution >= 4 is 34.1 Å². The van der Waals surface area contributed by atoms with E-state index in [1.165, 1.54) is 11.3 Å². The zero-order valence-electron chi connectivity index (χ0n) is 13.6. The van der Waals surface area contributed by atoms with Gasteiger partial charge in [-0.15, -0.1) is 11.3 Å². The van der Waals surface area contributed by atoms with Crippen LogP contribution in [0.25, 0.3) is 11.0 Å². The van der Waals surface area contributed by atoms with Crippen LogP contribution in [0.5, 0.6) is 0 Å². The molecule has 2 atom stereocenters. The molecule has 3 rings (SSSR count). The number of benzene rings is 1. The van der Waals surface area contributed by atoms with E-state index in [-0.39, 0.29) is 17.7 Å². The van der Waals surface area contributed by atoms with Crippen LogP contribution in [0.3, 0.4) is 0 Å². The average molecular weight is 341 g/mol. The van der Waals surface area contributed by atoms with Crippen LogP contribution in [0.4, 0.5) is 0 Å². The lowest BCUT2D eigenvalue weighted by Gasteiger charge is -2.18. The molecule has 0 aliphatic rings. The lowest BCUT2D eigenvalue weighted by atomic mass is 10.1. The number of nitrogens with one attached hydrogen (secondary N) is 1. The number of ketones is 1. The molecule has 0 aliphatic heterocycles. The number of hydrogen-bond donors (Lipinski definition) is 1. The van der Waals surface area contributed by atoms with E-state index < -0.39 is 6.04 Å². The first kappa shape index (κ1) is 16.4. The third kappa shape index (κ3) is 3.38. The SMILES string of the molecule is C[C@@H](CC(=O)c1cccs1)NC(=O)[C@H](C)n1cnc2ccccc21. The Morgan fingerprint density at radius 3 is 2.75 bits per heavy atom. The normalized spacial score (nSPS) is 13.6. The number of imidazole rings is 1. The number of para-hydroxylation sites is 2. The van der Waals surface area contributed by atoms with Gasteiger partial charge < -0.3 is 9.88 Å². The number of rotatable bonds is 6. The highest BCUT2D eigenvalue weighted by Gasteiger charge is 2.20. The molecule has 0 unspecified atom stereocenters. The van der Waals surface area contributed by atoms with Crippen LogP contribution in [0, 0.1) is 0 Å². The number of nitrogens with zero attached hydrogens (tertiary/aromatic N) is 2. The summed E-state index contributed by atoms with van der Waals surface area (Å²) < 4.78 is 1.85. The Balaban J connectivity index is 1.64. The maximum absolute atomic E-state index is 12.5. The Morgan fingerprint density at radius 1 is 1.21 bits per heavy atom. The van der Waals surface area contributed by atoms with E-state index in [2.05, 4.69) is 10.3 Å². The molecule has 6 heteroatoms. The molecule has 0 aliphatic carbocycles. The van der Waals surface area contributed by atoms with Crippen LogP contribution in [-0.4, -0.2) is 27.3 Å². The summed E-state index contributed by atoms with van der Waals surface area (Å²) in [6.07, 6.45) is 1.97. The quantitative estimate of drug-likeness (QED) is 0.699. The molecule has 0 saturated carbocycles. The molecule has 5 nitrogen and oxygen atoms in total. The van der Waals surface area contributed by atoms with E-state index in [9.17, 15) is 9.59 Å². The minimum atomic E-state index is -0.392. The average Bonchev–Trinajstić information content (AvgIpc) is 3.23. The highest BCUT2D eigenvalue weighted by Crippen LogP contribution is 2.18. The minimum Gasteiger partial charge on any atom is -0.351 e. The van der Waals surface area contributed by atoms with Crippen LogP contribution in [0.1, 0.15) is 36.0 Å². The molecule has 2 heterocycles. The summed E-state index contributed by atoms with van der Waals surface area (Å²) in [4.78, 5) is 29.7. The van der Waals surface area contributed by atoms with Gasteiger partial charge in [0.05, 0.1) is 22.2 Å². The van der Waals surface area contributed by atoms with Gasteiger partial charge in [0.1, 0.15) is 6.04 Å². The zero-order valence-corrected chi connectivity index (χ0v) is 14.4. The number of Topliss-reactive ketones (excluding diaryl/α,β-unsaturated/α-hetero) is 1. The number of hydrogen-bond acceptors (Lipinski definition) is 4. The van der Waals surface area contributed by atoms with Crippen molar-refractivity contribution in [2.75, 3.05) is 0 Å². The van der Waals surface area contributed by atoms with E-state index in [1.807, 2.05) is 60.2 Å². The maximum Gasteiger partial charge on any atom is 0.243 e. The second kappa shape index (κ2) is 6.97. The first-order chi connectivity index (χ1) is 11.6. The highest BCUT2D eigenvalue weighted by atomic mass is 32.1. The number of thiophene rings is 1. The van der Waals surface area contributed by atoms with Crippen molar-refractivity contribution in [1.82, 2.24) is 14.9 Å². The van der Waals surface area contributed by atoms with Crippen molar-refractivity contribution in [3.8, 4) is 0 Å². The monoisotopic (exact) mass is 341 g/mol. The first-order valence-electron chi connectivity index (χ1n) is 7.85. The van der Waals surface area contributed by atoms with E-state index >= 15 is 0 Å². The van der Waals surface area contributed by atoms with Gasteiger partial charge in [-0.25, -0.2) is 4.98 Å². The van der Waals surface area contributed by atoms with Crippen molar-refractivity contribution in [2.24, 2.45) is 0 Å². The fourth-order valence-electron chi connectivity index (χ4n) is 2.64. The molecule has 2 aromatic heterocycles. The van der Waals surface area contributed by atoms with Crippen molar-refractivity contribution in [2.45, 2.75) is 32.4 Å². The van der Waals surface area contributed by atoms with Crippen molar-refractivity contribution < 1.29 is 9.59 Å². The maximum atomic E-state index is 12.5. The summed E-state index contributed by atoms with van der Waals surface area (Å²) in [6.45, 7) is 3.68. The van der Waals surface area contributed by atoms with Gasteiger partial charge in [-0.2, -0.15) is 0 Å². The Morgan fingerprint density at radius 2 is 2.00 bits per heavy atom. The van der Waals surface area contributed by atoms with Gasteiger partial charge in [0.2, 0.25) is 5.91 Å². The van der Waals surface area contributed by atoms with Gasteiger partial charge >= 0.3 is 0 Å². The standard InChI is InChI=1S/C18H19N3O2S/c1-12(10-16(22)17-8-5-9-24-17)20-18(23)13(2)21-11-19-14-6-3-4-7-15(14)21/h3-9,11-13H,10H2,1-2H3,(H,20,23)/t12-,13-/m0/s1. The number of aromatic nitrogens is 2. The largest absolute Gasteiger partial charge is 0.351 e. The van der Waals surface area contributed by atoms with Gasteiger partial charge in [-0.05, 0) is 37.4 Å². The molecular formula is C18H19N3O2S. The molecule has 1 N–H and O–H groups in total. The zero-order chi connectivity index (χ0) is 17.1. The van der Waals surface area contributed by atoms with Crippen LogP contribution >= 0.6 is 11.3 Å². The Hall–Kier alpha value is -2.47. The second-order valence-electron chi connectivity index (χ2n) is 5.83. The number of carbonyl (C=O) groups excluding carboxylic acids is 2. The van der Waals surface area contributed by atoms with E-state index in [1.54, 1.807) is 6.33 Å². The highest BCUT2D eigenvalue weighted by molar-refractivity contribution is 7.12. The molecule has 0 saturated heterocycles. The molecule has 0 spiro atoms. The number of fused-ring (bicyclic) bond motifs is 1. The topological polar surface area (TPSA) is 64.0 Å². The van der Waals surface area contributed by atoms with Gasteiger partial charge in [-0.1, -0.05) is 18.2 Å². The van der Waals surface area contributed by atoms with Crippen molar-refractivity contribution in [1.29, 1.82) is 0 Å². The summed E-state index contributed by atoms with van der Waals surface area (Å²) in [7, 11) is 0. The second-order valence-corrected chi connectivity index (χ2v) is 6.78. The van der Waals surface area contributed by atoms with E-state index in [0.717, 1.165) is 15.9 Å². The molecule has 124 valence electrons. The minimum absolute atomic E-state index is 0.0542. The third-order valence-electron chi connectivity index (χ3n) is 3.95. The molecule has 1 aromatic carbocycles. The van der Waals surface area contributed by atoms with Crippen LogP contribution in [0.15, 0.2) is 48.1 Å². The van der Waals surface area contributed by atoms with E-state index in [4.69, 9.17) is 0 Å². The van der Waals surface area contributed by atoms with Gasteiger partial charge in [0, 0.05) is 12.5 Å². The summed E-state index contributed by atoms with van der Waals surface area (Å²) in [5.41, 5.74) is 1.78. The Kier molecular flexibility index (Phi) is 4.76. The molecule has 0 fully saturated rings. The number of amides is 1. The predicted octanol–water partition coefficient (Wildman–Crippen LogP) is 3.44. The fraction of sp³-hybridized carbons (Fsp3) is 0.278. The molecule has 0 bridgehead atoms. The van der Waals surface area contributed by atoms with Crippen molar-refractivity contribution in [3.05, 3.63) is 53.0 Å². The smallest absolute Gasteiger partial charge is 0.243 e. The molecule has 3 aromatic rings. The Bertz CT molecular complexity index is 854. The third-order valence-corrected chi connectivity index (χ3v) is 4.86. The summed E-state index contributed by atoms with van der Waals surface area (Å²) in [5, 5.41) is 4.80. The van der Waals surface area contributed by atoms with Crippen molar-refractivity contribution in [3.63, 3.8) is 0 Å². The van der Waals surface area contributed by atoms with Crippen LogP contribution < -0.4 is 5.32 Å². The summed E-state index contributed by atoms with van der Waals surface area (Å²) in [5.74, 6) is -0.0665. The van der Waals surface area contributed by atoms with Gasteiger partial charge in [-0.3, -0.25) is 9.59 Å². The predicted molar refractivity (Wildman–Crippen MR) is 95.3 cm³/mol. The molecule has 0 radical (unpaired) electrons. The fourth-order valence-corrected chi connectivity index (χ4v) is 3.32. The lowest BCUT2D eigenvalue weighted by molar-refractivity contribution is -0.124. The Labute approximate surface area is 144 Å². The lowest BCUT2D eigenvalue weighted by Crippen LogP contribution is -2.38.